The Bertz CT molecular complexity index is 3430. The number of nitrogens with zero attached hydrogens (tertiary/aromatic N) is 1. The van der Waals surface area contributed by atoms with Crippen LogP contribution >= 0.6 is 21.6 Å². The molecular formula is C63H83N13O18S2. The Morgan fingerprint density at radius 2 is 1.24 bits per heavy atom. The molecule has 0 unspecified atom stereocenters. The minimum absolute atomic E-state index is 0.0402. The summed E-state index contributed by atoms with van der Waals surface area (Å²) in [4.78, 5) is 185. The molecule has 520 valence electrons. The van der Waals surface area contributed by atoms with Crippen LogP contribution < -0.4 is 59.3 Å². The van der Waals surface area contributed by atoms with Crippen molar-refractivity contribution in [2.45, 2.75) is 158 Å². The number of phenolic OH excluding ortho intramolecular Hbond substituents is 1. The average molecular weight is 1370 g/mol. The van der Waals surface area contributed by atoms with E-state index in [1.165, 1.54) is 45.0 Å². The first kappa shape index (κ1) is 75.7. The molecular weight excluding hydrogens is 1290 g/mol. The van der Waals surface area contributed by atoms with Crippen LogP contribution in [0.1, 0.15) is 82.4 Å². The molecule has 3 heterocycles. The van der Waals surface area contributed by atoms with E-state index in [0.717, 1.165) is 26.5 Å². The fourth-order valence-electron chi connectivity index (χ4n) is 10.6. The van der Waals surface area contributed by atoms with Crippen molar-refractivity contribution in [1.82, 2.24) is 57.7 Å². The highest BCUT2D eigenvalue weighted by Gasteiger charge is 2.42. The van der Waals surface area contributed by atoms with Gasteiger partial charge in [-0.15, -0.1) is 0 Å². The van der Waals surface area contributed by atoms with Gasteiger partial charge in [-0.2, -0.15) is 0 Å². The lowest BCUT2D eigenvalue weighted by atomic mass is 10.0. The maximum Gasteiger partial charge on any atom is 0.326 e. The number of carboxylic acids is 3. The van der Waals surface area contributed by atoms with E-state index in [4.69, 9.17) is 16.6 Å². The first-order valence-electron chi connectivity index (χ1n) is 31.1. The summed E-state index contributed by atoms with van der Waals surface area (Å²) >= 11 is 0. The van der Waals surface area contributed by atoms with E-state index >= 15 is 9.59 Å². The van der Waals surface area contributed by atoms with Crippen LogP contribution in [0.25, 0.3) is 10.9 Å². The number of phenols is 1. The maximum absolute atomic E-state index is 15.1. The van der Waals surface area contributed by atoms with Gasteiger partial charge in [0.15, 0.2) is 0 Å². The Kier molecular flexibility index (Phi) is 28.8. The van der Waals surface area contributed by atoms with Crippen molar-refractivity contribution in [2.24, 2.45) is 17.4 Å². The van der Waals surface area contributed by atoms with Crippen molar-refractivity contribution in [3.05, 3.63) is 102 Å². The van der Waals surface area contributed by atoms with Gasteiger partial charge in [0.05, 0.1) is 18.6 Å². The first-order valence-corrected chi connectivity index (χ1v) is 33.6. The van der Waals surface area contributed by atoms with E-state index in [1.807, 2.05) is 0 Å². The lowest BCUT2D eigenvalue weighted by Gasteiger charge is -2.31. The molecule has 12 atom stereocenters. The first-order chi connectivity index (χ1) is 45.6. The molecule has 96 heavy (non-hydrogen) atoms. The predicted molar refractivity (Wildman–Crippen MR) is 351 cm³/mol. The number of likely N-dealkylation sites (tertiary alicyclic amines) is 1. The van der Waals surface area contributed by atoms with Crippen LogP contribution in [0, 0.1) is 5.92 Å². The maximum atomic E-state index is 15.1. The number of carbonyl (C=O) groups excluding carboxylic acids is 10. The SMILES string of the molecule is CC(C)[C@H](NC(=O)[C@@H]1CSSC[C@H](NC(=O)[C@H](CC(=O)O)NC(=O)[C@@H]2CCCN2C(=O)[C@@H](NC(=O)[C@@H](N)CCC(=O)O)[C@@H](C)O)C(=O)N[C@H](Cc2ccccc2)C(=O)N[C@@H](Cc2c[nH]c3ccccc23)C(=O)N[C@@H](CCCN)C(=O)N[C@@H](Cc2ccc(O)cc2)C(=O)N1)C(=O)O. The molecule has 10 amide bonds. The zero-order chi connectivity index (χ0) is 70.3. The van der Waals surface area contributed by atoms with Gasteiger partial charge >= 0.3 is 17.9 Å². The lowest BCUT2D eigenvalue weighted by Crippen LogP contribution is -2.62. The molecule has 4 aromatic rings. The van der Waals surface area contributed by atoms with Crippen LogP contribution in [0.2, 0.25) is 0 Å². The number of rotatable bonds is 26. The van der Waals surface area contributed by atoms with Crippen LogP contribution in [0.4, 0.5) is 0 Å². The third kappa shape index (κ3) is 22.4. The van der Waals surface area contributed by atoms with Crippen LogP contribution in [0.3, 0.4) is 0 Å². The zero-order valence-electron chi connectivity index (χ0n) is 52.9. The van der Waals surface area contributed by atoms with Crippen molar-refractivity contribution in [3.63, 3.8) is 0 Å². The largest absolute Gasteiger partial charge is 0.508 e. The molecule has 0 saturated carbocycles. The standard InChI is InChI=1S/C63H83N13O18S2/c1-32(2)51(63(93)94)74-60(90)47-31-96-95-30-46(72-58(88)45(28-50(81)82)71-61(91)48-16-10-24-76(48)62(92)52(33(3)77)75-53(83)39(65)21-22-49(79)80)59(89)69-42(25-34-11-5-4-6-12-34)55(85)70-44(27-36-29-66-40-14-8-7-13-38(36)40)57(87)67-41(15-9-23-64)54(84)68-43(56(86)73-47)26-35-17-19-37(78)20-18-35/h4-8,11-14,17-20,29,32-33,39,41-48,51-52,66,77-78H,9-10,15-16,21-28,30-31,64-65H2,1-3H3,(H,67,87)(H,68,84)(H,69,89)(H,70,85)(H,71,91)(H,72,88)(H,73,86)(H,74,90)(H,75,83)(H,79,80)(H,81,82)(H,93,94)/t33-,39+,41+,42-,43+,44+,45+,46+,47+,48+,51+,52+/m1/s1. The van der Waals surface area contributed by atoms with E-state index < -0.39 is 180 Å². The quantitative estimate of drug-likeness (QED) is 0.0308. The number of hydrogen-bond donors (Lipinski definition) is 17. The Hall–Kier alpha value is -9.31. The van der Waals surface area contributed by atoms with Gasteiger partial charge < -0.3 is 94.7 Å². The van der Waals surface area contributed by atoms with E-state index in [9.17, 15) is 73.2 Å². The van der Waals surface area contributed by atoms with Gasteiger partial charge in [-0.1, -0.05) is 96.1 Å². The minimum atomic E-state index is -2.00. The Balaban J connectivity index is 1.40. The van der Waals surface area contributed by atoms with Crippen LogP contribution in [0.15, 0.2) is 85.1 Å². The summed E-state index contributed by atoms with van der Waals surface area (Å²) in [7, 11) is 1.65. The molecule has 2 fully saturated rings. The van der Waals surface area contributed by atoms with E-state index in [2.05, 4.69) is 52.8 Å². The molecule has 2 saturated heterocycles. The summed E-state index contributed by atoms with van der Waals surface area (Å²) in [5, 5.41) is 73.9. The Morgan fingerprint density at radius 1 is 0.656 bits per heavy atom. The van der Waals surface area contributed by atoms with Crippen molar-refractivity contribution < 1.29 is 87.9 Å². The van der Waals surface area contributed by atoms with E-state index in [1.54, 1.807) is 60.8 Å². The van der Waals surface area contributed by atoms with Gasteiger partial charge in [0.2, 0.25) is 59.1 Å². The molecule has 0 bridgehead atoms. The van der Waals surface area contributed by atoms with Crippen molar-refractivity contribution >= 4 is 109 Å². The number of carbonyl (C=O) groups is 13. The summed E-state index contributed by atoms with van der Waals surface area (Å²) in [5.41, 5.74) is 13.9. The smallest absolute Gasteiger partial charge is 0.326 e. The number of benzene rings is 3. The molecule has 33 heteroatoms. The van der Waals surface area contributed by atoms with Crippen molar-refractivity contribution in [3.8, 4) is 5.75 Å². The third-order valence-corrected chi connectivity index (χ3v) is 18.4. The number of hydrogen-bond acceptors (Lipinski definition) is 19. The number of nitrogens with one attached hydrogen (secondary N) is 10. The molecule has 0 radical (unpaired) electrons. The lowest BCUT2D eigenvalue weighted by molar-refractivity contribution is -0.145. The molecule has 6 rings (SSSR count). The summed E-state index contributed by atoms with van der Waals surface area (Å²) in [5.74, 6) is -16.1. The fourth-order valence-corrected chi connectivity index (χ4v) is 13.0. The topological polar surface area (TPSA) is 502 Å². The number of aromatic amines is 1. The second-order valence-electron chi connectivity index (χ2n) is 23.7. The molecule has 3 aromatic carbocycles. The highest BCUT2D eigenvalue weighted by molar-refractivity contribution is 8.76. The summed E-state index contributed by atoms with van der Waals surface area (Å²) in [6, 6.07) is 3.54. The third-order valence-electron chi connectivity index (χ3n) is 15.9. The normalized spacial score (nSPS) is 21.7. The number of aromatic hydroxyl groups is 1. The number of H-pyrrole nitrogens is 1. The van der Waals surface area contributed by atoms with E-state index in [-0.39, 0.29) is 70.2 Å². The molecule has 0 spiro atoms. The Labute approximate surface area is 559 Å². The average Bonchev–Trinajstić information content (AvgIpc) is 1.62. The highest BCUT2D eigenvalue weighted by Crippen LogP contribution is 2.26. The molecule has 0 aliphatic carbocycles. The number of amides is 10. The highest BCUT2D eigenvalue weighted by atomic mass is 33.1. The predicted octanol–water partition coefficient (Wildman–Crippen LogP) is -1.82. The van der Waals surface area contributed by atoms with Gasteiger partial charge in [-0.3, -0.25) is 57.5 Å². The zero-order valence-corrected chi connectivity index (χ0v) is 54.6. The monoisotopic (exact) mass is 1370 g/mol. The molecule has 19 N–H and O–H groups in total. The van der Waals surface area contributed by atoms with Gasteiger partial charge in [0.1, 0.15) is 66.2 Å². The van der Waals surface area contributed by atoms with Crippen LogP contribution in [0.5, 0.6) is 5.75 Å². The van der Waals surface area contributed by atoms with Gasteiger partial charge in [0.25, 0.3) is 0 Å². The molecule has 1 aromatic heterocycles. The minimum Gasteiger partial charge on any atom is -0.508 e. The van der Waals surface area contributed by atoms with E-state index in [0.29, 0.717) is 27.6 Å². The number of aliphatic hydroxyl groups excluding tert-OH is 1. The number of aliphatic carboxylic acids is 3. The molecule has 31 nitrogen and oxygen atoms in total. The second-order valence-corrected chi connectivity index (χ2v) is 26.2. The van der Waals surface area contributed by atoms with Crippen molar-refractivity contribution in [2.75, 3.05) is 24.6 Å². The summed E-state index contributed by atoms with van der Waals surface area (Å²) < 4.78 is 0. The fraction of sp³-hybridized carbons (Fsp3) is 0.476. The molecule has 2 aliphatic rings. The van der Waals surface area contributed by atoms with Crippen LogP contribution in [-0.2, 0) is 81.6 Å². The summed E-state index contributed by atoms with van der Waals surface area (Å²) in [6.07, 6.45) is -2.43. The van der Waals surface area contributed by atoms with Gasteiger partial charge in [0, 0.05) is 60.8 Å². The number of para-hydroxylation sites is 1. The number of fused-ring (bicyclic) bond motifs is 1. The summed E-state index contributed by atoms with van der Waals surface area (Å²) in [6.45, 7) is 4.15. The van der Waals surface area contributed by atoms with Gasteiger partial charge in [-0.05, 0) is 86.4 Å². The number of aliphatic hydroxyl groups is 1. The second kappa shape index (κ2) is 36.5. The van der Waals surface area contributed by atoms with Crippen LogP contribution in [-0.4, -0.2) is 210 Å². The number of nitrogens with two attached hydrogens (primary N) is 2. The van der Waals surface area contributed by atoms with Gasteiger partial charge in [-0.25, -0.2) is 4.79 Å². The Morgan fingerprint density at radius 3 is 1.85 bits per heavy atom. The number of aromatic nitrogens is 1. The number of carboxylic acid groups (broad SMARTS) is 3. The van der Waals surface area contributed by atoms with Crippen molar-refractivity contribution in [1.29, 1.82) is 0 Å². The molecule has 2 aliphatic heterocycles.